The van der Waals surface area contributed by atoms with Crippen LogP contribution in [0.1, 0.15) is 5.56 Å². The van der Waals surface area contributed by atoms with E-state index in [4.69, 9.17) is 11.3 Å². The average Bonchev–Trinajstić information content (AvgIpc) is 2.15. The van der Waals surface area contributed by atoms with Gasteiger partial charge in [-0.1, -0.05) is 17.0 Å². The molecule has 64 valence electrons. The Labute approximate surface area is 75.2 Å². The Morgan fingerprint density at radius 1 is 1.69 bits per heavy atom. The van der Waals surface area contributed by atoms with Gasteiger partial charge in [0.1, 0.15) is 5.82 Å². The van der Waals surface area contributed by atoms with Crippen molar-refractivity contribution < 1.29 is 0 Å². The van der Waals surface area contributed by atoms with Crippen LogP contribution < -0.4 is 5.73 Å². The van der Waals surface area contributed by atoms with Gasteiger partial charge in [-0.2, -0.15) is 0 Å². The third-order valence-electron chi connectivity index (χ3n) is 1.27. The van der Waals surface area contributed by atoms with Gasteiger partial charge < -0.3 is 5.73 Å². The highest BCUT2D eigenvalue weighted by Crippen LogP contribution is 2.03. The predicted molar refractivity (Wildman–Crippen MR) is 49.5 cm³/mol. The molecule has 0 amide bonds. The summed E-state index contributed by atoms with van der Waals surface area (Å²) in [6, 6.07) is 3.50. The van der Waals surface area contributed by atoms with E-state index in [1.54, 1.807) is 18.3 Å². The summed E-state index contributed by atoms with van der Waals surface area (Å²) >= 11 is 0. The summed E-state index contributed by atoms with van der Waals surface area (Å²) in [6.45, 7) is 0.144. The van der Waals surface area contributed by atoms with Crippen LogP contribution in [0.2, 0.25) is 0 Å². The average molecular weight is 173 g/mol. The number of nitrogens with zero attached hydrogens (tertiary/aromatic N) is 4. The van der Waals surface area contributed by atoms with Crippen LogP contribution in [-0.4, -0.2) is 11.5 Å². The van der Waals surface area contributed by atoms with E-state index in [0.29, 0.717) is 11.4 Å². The van der Waals surface area contributed by atoms with Crippen molar-refractivity contribution in [3.05, 3.63) is 34.3 Å². The molecule has 0 unspecified atom stereocenters. The van der Waals surface area contributed by atoms with Gasteiger partial charge in [-0.3, -0.25) is 0 Å². The van der Waals surface area contributed by atoms with Crippen LogP contribution in [0.15, 0.2) is 23.4 Å². The molecular weight excluding hydrogens is 166 g/mol. The highest BCUT2D eigenvalue weighted by molar-refractivity contribution is 5.50. The molecule has 2 N–H and O–H groups in total. The molecule has 1 heterocycles. The van der Waals surface area contributed by atoms with E-state index in [-0.39, 0.29) is 6.54 Å². The Morgan fingerprint density at radius 2 is 2.54 bits per heavy atom. The molecule has 13 heavy (non-hydrogen) atoms. The van der Waals surface area contributed by atoms with Gasteiger partial charge in [-0.05, 0) is 17.7 Å². The molecule has 0 aliphatic carbocycles. The predicted octanol–water partition coefficient (Wildman–Crippen LogP) is 1.33. The first kappa shape index (κ1) is 8.91. The Kier molecular flexibility index (Phi) is 3.19. The fourth-order valence-electron chi connectivity index (χ4n) is 0.725. The second-order valence-electron chi connectivity index (χ2n) is 2.13. The summed E-state index contributed by atoms with van der Waals surface area (Å²) in [5.74, 6) is 5.78. The van der Waals surface area contributed by atoms with Gasteiger partial charge in [0.2, 0.25) is 0 Å². The van der Waals surface area contributed by atoms with Gasteiger partial charge in [-0.25, -0.2) is 4.98 Å². The molecule has 0 atom stereocenters. The number of nitrogens with two attached hydrogens (primary N) is 1. The smallest absolute Gasteiger partial charge is 0.139 e. The normalized spacial score (nSPS) is 8.00. The van der Waals surface area contributed by atoms with E-state index in [1.165, 1.54) is 0 Å². The first-order valence-corrected chi connectivity index (χ1v) is 3.55. The van der Waals surface area contributed by atoms with Crippen molar-refractivity contribution >= 4 is 5.82 Å². The number of rotatable bonds is 1. The molecule has 0 bridgehead atoms. The van der Waals surface area contributed by atoms with Crippen molar-refractivity contribution in [1.29, 1.82) is 0 Å². The van der Waals surface area contributed by atoms with Crippen molar-refractivity contribution in [2.24, 2.45) is 5.11 Å². The summed E-state index contributed by atoms with van der Waals surface area (Å²) in [6.07, 6.45) is 1.59. The van der Waals surface area contributed by atoms with E-state index in [2.05, 4.69) is 26.9 Å². The topological polar surface area (TPSA) is 87.7 Å². The summed E-state index contributed by atoms with van der Waals surface area (Å²) in [5, 5.41) is 3.26. The maximum absolute atomic E-state index is 7.97. The maximum Gasteiger partial charge on any atom is 0.139 e. The van der Waals surface area contributed by atoms with E-state index in [9.17, 15) is 0 Å². The minimum absolute atomic E-state index is 0.144. The van der Waals surface area contributed by atoms with E-state index in [0.717, 1.165) is 0 Å². The summed E-state index contributed by atoms with van der Waals surface area (Å²) < 4.78 is 0. The Hall–Kier alpha value is -2.18. The molecule has 0 aliphatic heterocycles. The van der Waals surface area contributed by atoms with E-state index in [1.807, 2.05) is 0 Å². The lowest BCUT2D eigenvalue weighted by molar-refractivity contribution is 1.25. The highest BCUT2D eigenvalue weighted by Gasteiger charge is 1.91. The Balaban J connectivity index is 2.77. The molecule has 0 spiro atoms. The lowest BCUT2D eigenvalue weighted by atomic mass is 10.2. The zero-order valence-electron chi connectivity index (χ0n) is 6.81. The van der Waals surface area contributed by atoms with Crippen LogP contribution in [-0.2, 0) is 0 Å². The van der Waals surface area contributed by atoms with E-state index < -0.39 is 0 Å². The number of anilines is 1. The molecule has 0 saturated carbocycles. The first-order valence-electron chi connectivity index (χ1n) is 3.55. The minimum Gasteiger partial charge on any atom is -0.383 e. The molecule has 5 heteroatoms. The monoisotopic (exact) mass is 173 g/mol. The van der Waals surface area contributed by atoms with Crippen LogP contribution in [0.3, 0.4) is 0 Å². The molecule has 0 aromatic carbocycles. The first-order chi connectivity index (χ1) is 6.34. The fourth-order valence-corrected chi connectivity index (χ4v) is 0.725. The Bertz CT molecular complexity index is 394. The van der Waals surface area contributed by atoms with Gasteiger partial charge in [0.05, 0.1) is 12.1 Å². The summed E-state index contributed by atoms with van der Waals surface area (Å²) in [7, 11) is 0. The second-order valence-corrected chi connectivity index (χ2v) is 2.13. The third-order valence-corrected chi connectivity index (χ3v) is 1.27. The van der Waals surface area contributed by atoms with Gasteiger partial charge in [0, 0.05) is 11.1 Å². The number of aromatic nitrogens is 1. The number of hydrogen-bond donors (Lipinski definition) is 1. The molecule has 1 aromatic rings. The zero-order valence-corrected chi connectivity index (χ0v) is 6.81. The van der Waals surface area contributed by atoms with Crippen LogP contribution in [0.5, 0.6) is 0 Å². The number of hydrogen-bond acceptors (Lipinski definition) is 3. The standard InChI is InChI=1S/C8H7N5/c9-8-7(3-1-5-11-8)4-2-6-12-13-10/h1,3,5H,6H2,(H2,9,11). The molecule has 0 fully saturated rings. The van der Waals surface area contributed by atoms with Crippen molar-refractivity contribution in [2.45, 2.75) is 0 Å². The molecule has 1 aromatic heterocycles. The molecule has 0 saturated heterocycles. The van der Waals surface area contributed by atoms with Gasteiger partial charge in [0.15, 0.2) is 0 Å². The highest BCUT2D eigenvalue weighted by atomic mass is 15.1. The lowest BCUT2D eigenvalue weighted by Gasteiger charge is -1.92. The SMILES string of the molecule is [N-]=[N+]=NCC#Cc1cccnc1N. The van der Waals surface area contributed by atoms with Crippen LogP contribution >= 0.6 is 0 Å². The molecular formula is C8H7N5. The maximum atomic E-state index is 7.97. The second kappa shape index (κ2) is 4.65. The lowest BCUT2D eigenvalue weighted by Crippen LogP contribution is -1.92. The van der Waals surface area contributed by atoms with Crippen LogP contribution in [0.25, 0.3) is 10.4 Å². The summed E-state index contributed by atoms with van der Waals surface area (Å²) in [4.78, 5) is 6.41. The number of nitrogen functional groups attached to an aromatic ring is 1. The van der Waals surface area contributed by atoms with Gasteiger partial charge in [-0.15, -0.1) is 0 Å². The number of azide groups is 1. The molecule has 1 rings (SSSR count). The molecule has 0 radical (unpaired) electrons. The largest absolute Gasteiger partial charge is 0.383 e. The van der Waals surface area contributed by atoms with Gasteiger partial charge >= 0.3 is 0 Å². The van der Waals surface area contributed by atoms with Crippen molar-refractivity contribution in [3.8, 4) is 11.8 Å². The van der Waals surface area contributed by atoms with Crippen LogP contribution in [0, 0.1) is 11.8 Å². The molecule has 5 nitrogen and oxygen atoms in total. The fraction of sp³-hybridized carbons (Fsp3) is 0.125. The minimum atomic E-state index is 0.144. The molecule has 0 aliphatic rings. The quantitative estimate of drug-likeness (QED) is 0.300. The Morgan fingerprint density at radius 3 is 3.23 bits per heavy atom. The zero-order chi connectivity index (χ0) is 9.52. The van der Waals surface area contributed by atoms with Crippen LogP contribution in [0.4, 0.5) is 5.82 Å². The number of pyridine rings is 1. The van der Waals surface area contributed by atoms with Crippen molar-refractivity contribution in [2.75, 3.05) is 12.3 Å². The summed E-state index contributed by atoms with van der Waals surface area (Å²) in [5.41, 5.74) is 14.1. The third kappa shape index (κ3) is 2.73. The van der Waals surface area contributed by atoms with Crippen molar-refractivity contribution in [1.82, 2.24) is 4.98 Å². The van der Waals surface area contributed by atoms with E-state index >= 15 is 0 Å². The van der Waals surface area contributed by atoms with Gasteiger partial charge in [0.25, 0.3) is 0 Å². The van der Waals surface area contributed by atoms with Crippen molar-refractivity contribution in [3.63, 3.8) is 0 Å².